The molecule has 0 fully saturated rings. The molecule has 0 aromatic carbocycles. The first-order valence-electron chi connectivity index (χ1n) is 6.88. The van der Waals surface area contributed by atoms with Crippen LogP contribution in [0.5, 0.6) is 6.01 Å². The lowest BCUT2D eigenvalue weighted by molar-refractivity contribution is 0.309. The van der Waals surface area contributed by atoms with E-state index in [2.05, 4.69) is 15.1 Å². The summed E-state index contributed by atoms with van der Waals surface area (Å²) in [6, 6.07) is 1.20. The predicted octanol–water partition coefficient (Wildman–Crippen LogP) is 1.99. The van der Waals surface area contributed by atoms with Gasteiger partial charge in [-0.3, -0.25) is 9.78 Å². The van der Waals surface area contributed by atoms with Crippen molar-refractivity contribution in [3.8, 4) is 6.01 Å². The number of rotatable bonds is 5. The molecule has 0 aliphatic carbocycles. The summed E-state index contributed by atoms with van der Waals surface area (Å²) in [5.41, 5.74) is 0.423. The third kappa shape index (κ3) is 3.18. The van der Waals surface area contributed by atoms with E-state index in [0.717, 1.165) is 18.6 Å². The lowest BCUT2D eigenvalue weighted by Crippen LogP contribution is -2.14. The molecule has 1 N–H and O–H groups in total. The fraction of sp³-hybridized carbons (Fsp3) is 0.429. The Morgan fingerprint density at radius 2 is 2.05 bits per heavy atom. The molecule has 0 unspecified atom stereocenters. The standard InChI is InChI=1S/C14H17N3O4/c1-4-8-7-10(18)20-13-11(8)12(19)15-14(16-13)21-17-9(5-2)6-3/h7H,4-6H2,1-3H3,(H,15,16,19). The zero-order valence-electron chi connectivity index (χ0n) is 12.2. The molecule has 2 aromatic rings. The van der Waals surface area contributed by atoms with Crippen molar-refractivity contribution in [1.82, 2.24) is 9.97 Å². The van der Waals surface area contributed by atoms with E-state index in [9.17, 15) is 9.59 Å². The summed E-state index contributed by atoms with van der Waals surface area (Å²) in [6.45, 7) is 5.75. The average Bonchev–Trinajstić information content (AvgIpc) is 2.46. The maximum atomic E-state index is 12.1. The molecule has 112 valence electrons. The molecule has 0 radical (unpaired) electrons. The summed E-state index contributed by atoms with van der Waals surface area (Å²) in [6.07, 6.45) is 2.01. The van der Waals surface area contributed by atoms with Gasteiger partial charge in [0.25, 0.3) is 5.56 Å². The third-order valence-electron chi connectivity index (χ3n) is 3.13. The van der Waals surface area contributed by atoms with Gasteiger partial charge in [-0.1, -0.05) is 25.9 Å². The van der Waals surface area contributed by atoms with Gasteiger partial charge in [0.2, 0.25) is 5.71 Å². The van der Waals surface area contributed by atoms with E-state index < -0.39 is 11.2 Å². The highest BCUT2D eigenvalue weighted by Gasteiger charge is 2.12. The van der Waals surface area contributed by atoms with Crippen molar-refractivity contribution in [2.45, 2.75) is 40.0 Å². The van der Waals surface area contributed by atoms with Gasteiger partial charge in [-0.15, -0.1) is 0 Å². The van der Waals surface area contributed by atoms with Gasteiger partial charge in [0.15, 0.2) is 0 Å². The van der Waals surface area contributed by atoms with Crippen molar-refractivity contribution < 1.29 is 9.25 Å². The van der Waals surface area contributed by atoms with Crippen LogP contribution in [0.4, 0.5) is 0 Å². The highest BCUT2D eigenvalue weighted by molar-refractivity contribution is 5.83. The maximum absolute atomic E-state index is 12.1. The second-order valence-corrected chi connectivity index (χ2v) is 4.45. The van der Waals surface area contributed by atoms with Crippen LogP contribution in [0.2, 0.25) is 0 Å². The Kier molecular flexibility index (Phi) is 4.52. The van der Waals surface area contributed by atoms with Gasteiger partial charge in [-0.25, -0.2) is 4.79 Å². The molecule has 0 bridgehead atoms. The van der Waals surface area contributed by atoms with Crippen LogP contribution in [0.3, 0.4) is 0 Å². The van der Waals surface area contributed by atoms with Crippen molar-refractivity contribution in [3.05, 3.63) is 32.4 Å². The van der Waals surface area contributed by atoms with E-state index in [4.69, 9.17) is 9.25 Å². The first-order chi connectivity index (χ1) is 10.1. The van der Waals surface area contributed by atoms with Crippen molar-refractivity contribution in [2.24, 2.45) is 5.16 Å². The molecule has 0 saturated carbocycles. The monoisotopic (exact) mass is 291 g/mol. The molecule has 0 saturated heterocycles. The van der Waals surface area contributed by atoms with Gasteiger partial charge < -0.3 is 9.25 Å². The molecule has 2 aromatic heterocycles. The molecule has 7 heteroatoms. The van der Waals surface area contributed by atoms with Crippen LogP contribution in [-0.2, 0) is 6.42 Å². The van der Waals surface area contributed by atoms with Crippen LogP contribution in [0.25, 0.3) is 11.1 Å². The van der Waals surface area contributed by atoms with E-state index in [1.54, 1.807) is 0 Å². The van der Waals surface area contributed by atoms with E-state index >= 15 is 0 Å². The van der Waals surface area contributed by atoms with Gasteiger partial charge >= 0.3 is 11.6 Å². The summed E-state index contributed by atoms with van der Waals surface area (Å²) in [7, 11) is 0. The van der Waals surface area contributed by atoms with Crippen molar-refractivity contribution in [1.29, 1.82) is 0 Å². The minimum atomic E-state index is -0.547. The van der Waals surface area contributed by atoms with Crippen LogP contribution in [0, 0.1) is 0 Å². The molecule has 0 amide bonds. The zero-order valence-corrected chi connectivity index (χ0v) is 12.2. The quantitative estimate of drug-likeness (QED) is 0.671. The van der Waals surface area contributed by atoms with Gasteiger partial charge in [0, 0.05) is 6.07 Å². The normalized spacial score (nSPS) is 10.6. The largest absolute Gasteiger partial charge is 0.403 e. The Bertz CT molecular complexity index is 783. The highest BCUT2D eigenvalue weighted by atomic mass is 16.6. The topological polar surface area (TPSA) is 97.5 Å². The molecule has 0 atom stereocenters. The van der Waals surface area contributed by atoms with Crippen LogP contribution in [-0.4, -0.2) is 15.7 Å². The van der Waals surface area contributed by atoms with Gasteiger partial charge in [0.05, 0.1) is 5.71 Å². The van der Waals surface area contributed by atoms with E-state index in [1.165, 1.54) is 6.07 Å². The second-order valence-electron chi connectivity index (χ2n) is 4.45. The number of aryl methyl sites for hydroxylation is 1. The Morgan fingerprint density at radius 1 is 1.33 bits per heavy atom. The fourth-order valence-corrected chi connectivity index (χ4v) is 1.94. The summed E-state index contributed by atoms with van der Waals surface area (Å²) >= 11 is 0. The number of aromatic amines is 1. The molecule has 0 spiro atoms. The van der Waals surface area contributed by atoms with Crippen LogP contribution in [0.15, 0.2) is 25.2 Å². The molecule has 2 heterocycles. The average molecular weight is 291 g/mol. The Labute approximate surface area is 120 Å². The molecular formula is C14H17N3O4. The first-order valence-corrected chi connectivity index (χ1v) is 6.88. The lowest BCUT2D eigenvalue weighted by atomic mass is 10.1. The molecular weight excluding hydrogens is 274 g/mol. The van der Waals surface area contributed by atoms with Crippen LogP contribution < -0.4 is 16.0 Å². The number of nitrogens with one attached hydrogen (secondary N) is 1. The molecule has 0 aliphatic heterocycles. The zero-order chi connectivity index (χ0) is 15.4. The second kappa shape index (κ2) is 6.34. The fourth-order valence-electron chi connectivity index (χ4n) is 1.94. The summed E-state index contributed by atoms with van der Waals surface area (Å²) in [4.78, 5) is 35.1. The Hall–Kier alpha value is -2.44. The number of nitrogens with zero attached hydrogens (tertiary/aromatic N) is 2. The SMILES string of the molecule is CCC(CC)=NOc1nc2oc(=O)cc(CC)c2c(=O)[nH]1. The number of fused-ring (bicyclic) bond motifs is 1. The minimum Gasteiger partial charge on any atom is -0.403 e. The summed E-state index contributed by atoms with van der Waals surface area (Å²) in [5, 5.41) is 4.17. The molecule has 2 rings (SSSR count). The number of H-pyrrole nitrogens is 1. The van der Waals surface area contributed by atoms with Crippen molar-refractivity contribution in [2.75, 3.05) is 0 Å². The van der Waals surface area contributed by atoms with Crippen molar-refractivity contribution in [3.63, 3.8) is 0 Å². The third-order valence-corrected chi connectivity index (χ3v) is 3.13. The smallest absolute Gasteiger partial charge is 0.337 e. The lowest BCUT2D eigenvalue weighted by Gasteiger charge is -2.03. The van der Waals surface area contributed by atoms with Crippen molar-refractivity contribution >= 4 is 16.8 Å². The molecule has 0 aliphatic rings. The summed E-state index contributed by atoms with van der Waals surface area (Å²) < 4.78 is 4.97. The summed E-state index contributed by atoms with van der Waals surface area (Å²) in [5.74, 6) is 0. The molecule has 7 nitrogen and oxygen atoms in total. The Morgan fingerprint density at radius 3 is 2.67 bits per heavy atom. The first kappa shape index (κ1) is 15.0. The molecule has 21 heavy (non-hydrogen) atoms. The Balaban J connectivity index is 2.53. The number of hydrogen-bond acceptors (Lipinski definition) is 6. The van der Waals surface area contributed by atoms with E-state index in [0.29, 0.717) is 12.0 Å². The number of aromatic nitrogens is 2. The van der Waals surface area contributed by atoms with Crippen LogP contribution in [0.1, 0.15) is 39.2 Å². The van der Waals surface area contributed by atoms with E-state index in [1.807, 2.05) is 20.8 Å². The highest BCUT2D eigenvalue weighted by Crippen LogP contribution is 2.13. The van der Waals surface area contributed by atoms with Crippen LogP contribution >= 0.6 is 0 Å². The number of hydrogen-bond donors (Lipinski definition) is 1. The van der Waals surface area contributed by atoms with Gasteiger partial charge in [-0.2, -0.15) is 4.98 Å². The predicted molar refractivity (Wildman–Crippen MR) is 78.9 cm³/mol. The number of oxime groups is 1. The maximum Gasteiger partial charge on any atom is 0.337 e. The van der Waals surface area contributed by atoms with E-state index in [-0.39, 0.29) is 17.1 Å². The van der Waals surface area contributed by atoms with Gasteiger partial charge in [0.1, 0.15) is 5.39 Å². The minimum absolute atomic E-state index is 0.0390. The van der Waals surface area contributed by atoms with Gasteiger partial charge in [-0.05, 0) is 24.8 Å².